The Kier molecular flexibility index (Phi) is 5.51. The number of carboxylic acid groups (broad SMARTS) is 1. The molecule has 12 heteroatoms. The third-order valence-corrected chi connectivity index (χ3v) is 6.30. The lowest BCUT2D eigenvalue weighted by molar-refractivity contribution is -0.151. The molecule has 1 aromatic rings. The summed E-state index contributed by atoms with van der Waals surface area (Å²) in [5.74, 6) is -3.23. The molecule has 3 heterocycles. The number of hydroxylamine groups is 1. The molecule has 0 aliphatic carbocycles. The van der Waals surface area contributed by atoms with Crippen LogP contribution in [-0.2, 0) is 24.0 Å². The molecule has 0 aromatic carbocycles. The van der Waals surface area contributed by atoms with Gasteiger partial charge in [-0.3, -0.25) is 24.1 Å². The Balaban J connectivity index is 1.76. The summed E-state index contributed by atoms with van der Waals surface area (Å²) >= 11 is 2.49. The lowest BCUT2D eigenvalue weighted by atomic mass is 10.0. The minimum absolute atomic E-state index is 0.0502. The quantitative estimate of drug-likeness (QED) is 0.349. The van der Waals surface area contributed by atoms with Gasteiger partial charge in [-0.1, -0.05) is 6.07 Å². The van der Waals surface area contributed by atoms with Crippen LogP contribution in [0.3, 0.4) is 0 Å². The van der Waals surface area contributed by atoms with Gasteiger partial charge in [-0.05, 0) is 11.4 Å². The number of thiophene rings is 1. The second-order valence-corrected chi connectivity index (χ2v) is 7.74. The average Bonchev–Trinajstić information content (AvgIpc) is 3.18. The highest BCUT2D eigenvalue weighted by atomic mass is 32.2. The van der Waals surface area contributed by atoms with Gasteiger partial charge in [0.15, 0.2) is 0 Å². The van der Waals surface area contributed by atoms with Crippen molar-refractivity contribution in [1.82, 2.24) is 15.7 Å². The van der Waals surface area contributed by atoms with E-state index in [4.69, 9.17) is 5.73 Å². The van der Waals surface area contributed by atoms with Gasteiger partial charge in [-0.25, -0.2) is 10.3 Å². The van der Waals surface area contributed by atoms with Gasteiger partial charge < -0.3 is 16.2 Å². The molecule has 27 heavy (non-hydrogen) atoms. The van der Waals surface area contributed by atoms with Gasteiger partial charge in [0.05, 0.1) is 12.7 Å². The number of nitrogens with one attached hydrogen (secondary N) is 2. The number of carbonyl (C=O) groups excluding carboxylic acids is 3. The molecule has 1 fully saturated rings. The predicted molar refractivity (Wildman–Crippen MR) is 96.1 cm³/mol. The maximum Gasteiger partial charge on any atom is 0.353 e. The van der Waals surface area contributed by atoms with E-state index in [0.29, 0.717) is 4.88 Å². The van der Waals surface area contributed by atoms with E-state index < -0.39 is 46.8 Å². The largest absolute Gasteiger partial charge is 0.477 e. The highest BCUT2D eigenvalue weighted by Gasteiger charge is 2.55. The molecular formula is C15H16N4O6S2. The lowest BCUT2D eigenvalue weighted by Gasteiger charge is -2.49. The summed E-state index contributed by atoms with van der Waals surface area (Å²) in [5.41, 5.74) is 7.45. The molecule has 3 rings (SSSR count). The summed E-state index contributed by atoms with van der Waals surface area (Å²) in [7, 11) is 1.22. The zero-order valence-corrected chi connectivity index (χ0v) is 15.6. The molecule has 3 atom stereocenters. The van der Waals surface area contributed by atoms with E-state index >= 15 is 0 Å². The molecule has 0 radical (unpaired) electrons. The molecule has 3 amide bonds. The molecular weight excluding hydrogens is 396 g/mol. The summed E-state index contributed by atoms with van der Waals surface area (Å²) in [6.45, 7) is 0. The van der Waals surface area contributed by atoms with E-state index in [9.17, 15) is 24.3 Å². The van der Waals surface area contributed by atoms with Crippen molar-refractivity contribution in [3.8, 4) is 0 Å². The summed E-state index contributed by atoms with van der Waals surface area (Å²) in [4.78, 5) is 54.6. The molecule has 2 unspecified atom stereocenters. The third-order valence-electron chi connectivity index (χ3n) is 4.07. The van der Waals surface area contributed by atoms with Gasteiger partial charge >= 0.3 is 5.97 Å². The average molecular weight is 412 g/mol. The third kappa shape index (κ3) is 3.43. The normalized spacial score (nSPS) is 22.6. The zero-order valence-electron chi connectivity index (χ0n) is 14.0. The van der Waals surface area contributed by atoms with Gasteiger partial charge in [0.2, 0.25) is 5.91 Å². The van der Waals surface area contributed by atoms with Gasteiger partial charge in [-0.15, -0.1) is 23.1 Å². The van der Waals surface area contributed by atoms with Crippen LogP contribution in [0.1, 0.15) is 10.9 Å². The Morgan fingerprint density at radius 2 is 2.19 bits per heavy atom. The second kappa shape index (κ2) is 7.68. The van der Waals surface area contributed by atoms with Crippen LogP contribution in [-0.4, -0.2) is 58.0 Å². The Hall–Kier alpha value is -2.41. The molecule has 144 valence electrons. The smallest absolute Gasteiger partial charge is 0.353 e. The van der Waals surface area contributed by atoms with Gasteiger partial charge in [0.1, 0.15) is 23.2 Å². The number of hydrogen-bond donors (Lipinski definition) is 4. The minimum Gasteiger partial charge on any atom is -0.477 e. The number of amides is 3. The van der Waals surface area contributed by atoms with E-state index in [2.05, 4.69) is 15.6 Å². The SMILES string of the molecule is CONC(=O)C1=C(C(=O)O)N2C(=O)C(NC(=O)C(N)c3cccs3)[C@H]2SC1. The molecule has 0 bridgehead atoms. The number of carbonyl (C=O) groups is 4. The Morgan fingerprint density at radius 1 is 1.44 bits per heavy atom. The molecule has 0 spiro atoms. The molecule has 10 nitrogen and oxygen atoms in total. The number of thioether (sulfide) groups is 1. The van der Waals surface area contributed by atoms with Crippen molar-refractivity contribution in [3.63, 3.8) is 0 Å². The van der Waals surface area contributed by atoms with E-state index in [1.54, 1.807) is 17.5 Å². The van der Waals surface area contributed by atoms with Gasteiger partial charge in [-0.2, -0.15) is 0 Å². The summed E-state index contributed by atoms with van der Waals surface area (Å²) in [6.07, 6.45) is 0. The van der Waals surface area contributed by atoms with E-state index in [-0.39, 0.29) is 11.3 Å². The molecule has 1 aromatic heterocycles. The first-order valence-corrected chi connectivity index (χ1v) is 9.63. The second-order valence-electron chi connectivity index (χ2n) is 5.66. The van der Waals surface area contributed by atoms with Crippen molar-refractivity contribution in [1.29, 1.82) is 0 Å². The molecule has 0 saturated carbocycles. The number of fused-ring (bicyclic) bond motifs is 1. The fourth-order valence-corrected chi connectivity index (χ4v) is 4.85. The number of nitrogens with two attached hydrogens (primary N) is 1. The zero-order chi connectivity index (χ0) is 19.7. The number of hydrogen-bond acceptors (Lipinski definition) is 8. The molecule has 1 saturated heterocycles. The van der Waals surface area contributed by atoms with Crippen LogP contribution < -0.4 is 16.5 Å². The van der Waals surface area contributed by atoms with Crippen molar-refractivity contribution in [3.05, 3.63) is 33.7 Å². The Morgan fingerprint density at radius 3 is 2.78 bits per heavy atom. The van der Waals surface area contributed by atoms with Crippen molar-refractivity contribution in [2.75, 3.05) is 12.9 Å². The fraction of sp³-hybridized carbons (Fsp3) is 0.333. The first-order chi connectivity index (χ1) is 12.9. The number of rotatable bonds is 6. The Labute approximate surface area is 161 Å². The standard InChI is InChI=1S/C15H16N4O6S2/c1-25-18-11(20)6-5-27-14-9(13(22)19(14)10(6)15(23)24)17-12(21)8(16)7-3-2-4-26-7/h2-4,8-9,14H,5,16H2,1H3,(H,17,21)(H,18,20)(H,23,24)/t8?,9?,14-/m1/s1. The molecule has 2 aliphatic heterocycles. The summed E-state index contributed by atoms with van der Waals surface area (Å²) in [6, 6.07) is 1.65. The van der Waals surface area contributed by atoms with Crippen molar-refractivity contribution in [2.45, 2.75) is 17.5 Å². The Bertz CT molecular complexity index is 824. The topological polar surface area (TPSA) is 151 Å². The van der Waals surface area contributed by atoms with Crippen LogP contribution in [0.2, 0.25) is 0 Å². The van der Waals surface area contributed by atoms with Crippen LogP contribution >= 0.6 is 23.1 Å². The summed E-state index contributed by atoms with van der Waals surface area (Å²) in [5, 5.41) is 13.2. The first kappa shape index (κ1) is 19.4. The molecule has 2 aliphatic rings. The van der Waals surface area contributed by atoms with E-state index in [1.165, 1.54) is 30.2 Å². The molecule has 5 N–H and O–H groups in total. The van der Waals surface area contributed by atoms with Crippen LogP contribution in [0, 0.1) is 0 Å². The van der Waals surface area contributed by atoms with Crippen LogP contribution in [0.4, 0.5) is 0 Å². The first-order valence-electron chi connectivity index (χ1n) is 7.70. The lowest BCUT2D eigenvalue weighted by Crippen LogP contribution is -2.71. The van der Waals surface area contributed by atoms with Crippen molar-refractivity contribution >= 4 is 46.8 Å². The highest BCUT2D eigenvalue weighted by Crippen LogP contribution is 2.40. The van der Waals surface area contributed by atoms with Gasteiger partial charge in [0.25, 0.3) is 11.8 Å². The number of aliphatic carboxylic acids is 1. The van der Waals surface area contributed by atoms with Crippen molar-refractivity contribution < 1.29 is 29.1 Å². The number of carboxylic acids is 1. The van der Waals surface area contributed by atoms with Crippen LogP contribution in [0.5, 0.6) is 0 Å². The van der Waals surface area contributed by atoms with E-state index in [0.717, 1.165) is 4.90 Å². The highest BCUT2D eigenvalue weighted by molar-refractivity contribution is 8.00. The van der Waals surface area contributed by atoms with Crippen molar-refractivity contribution in [2.24, 2.45) is 5.73 Å². The monoisotopic (exact) mass is 412 g/mol. The maximum atomic E-state index is 12.5. The number of β-lactam (4-membered cyclic amide) rings is 1. The maximum absolute atomic E-state index is 12.5. The number of nitrogens with zero attached hydrogens (tertiary/aromatic N) is 1. The van der Waals surface area contributed by atoms with Crippen LogP contribution in [0.15, 0.2) is 28.8 Å². The van der Waals surface area contributed by atoms with Gasteiger partial charge in [0, 0.05) is 10.6 Å². The van der Waals surface area contributed by atoms with Crippen LogP contribution in [0.25, 0.3) is 0 Å². The van der Waals surface area contributed by atoms with E-state index in [1.807, 2.05) is 0 Å². The fourth-order valence-electron chi connectivity index (χ4n) is 2.79. The predicted octanol–water partition coefficient (Wildman–Crippen LogP) is -0.836. The summed E-state index contributed by atoms with van der Waals surface area (Å²) < 4.78 is 0. The minimum atomic E-state index is -1.41.